The third kappa shape index (κ3) is 6.42. The number of carbonyl (C=O) groups excluding carboxylic acids is 2. The minimum atomic E-state index is 0.00792. The molecule has 0 amide bonds. The Hall–Kier alpha value is -2.32. The topological polar surface area (TPSA) is 71.1 Å². The highest BCUT2D eigenvalue weighted by Gasteiger charge is 2.26. The van der Waals surface area contributed by atoms with Gasteiger partial charge in [0.2, 0.25) is 0 Å². The second-order valence-electron chi connectivity index (χ2n) is 7.92. The summed E-state index contributed by atoms with van der Waals surface area (Å²) >= 11 is 3.66. The molecule has 0 saturated carbocycles. The summed E-state index contributed by atoms with van der Waals surface area (Å²) in [6.45, 7) is 0. The van der Waals surface area contributed by atoms with E-state index in [-0.39, 0.29) is 11.8 Å². The average molecular weight is 505 g/mol. The molecule has 8 heteroatoms. The van der Waals surface area contributed by atoms with E-state index in [2.05, 4.69) is 0 Å². The van der Waals surface area contributed by atoms with Gasteiger partial charge in [0.1, 0.15) is 11.6 Å². The van der Waals surface area contributed by atoms with Crippen molar-refractivity contribution >= 4 is 35.1 Å². The molecule has 2 aliphatic heterocycles. The molecule has 0 aliphatic carbocycles. The smallest absolute Gasteiger partial charge is 0.161 e. The van der Waals surface area contributed by atoms with Crippen molar-refractivity contribution in [2.24, 2.45) is 0 Å². The summed E-state index contributed by atoms with van der Waals surface area (Å²) in [6.07, 6.45) is 1.34. The van der Waals surface area contributed by atoms with E-state index in [9.17, 15) is 9.59 Å². The summed E-state index contributed by atoms with van der Waals surface area (Å²) in [7, 11) is 6.44. The monoisotopic (exact) mass is 504 g/mol. The van der Waals surface area contributed by atoms with Gasteiger partial charge in [-0.3, -0.25) is 9.59 Å². The maximum absolute atomic E-state index is 11.9. The molecule has 2 saturated heterocycles. The summed E-state index contributed by atoms with van der Waals surface area (Å²) in [5, 5.41) is 0. The normalized spacial score (nSPS) is 20.1. The molecule has 184 valence electrons. The number of rotatable bonds is 6. The standard InChI is InChI=1S/2C13H16O3S/c2*1-15-12-4-3-9(7-13(12)16-2)10-8-17-6-5-11(10)14/h2*3-4,7,10H,5-6,8H2,1-2H3. The lowest BCUT2D eigenvalue weighted by Gasteiger charge is -2.21. The second-order valence-corrected chi connectivity index (χ2v) is 10.2. The van der Waals surface area contributed by atoms with Crippen molar-refractivity contribution in [3.63, 3.8) is 0 Å². The van der Waals surface area contributed by atoms with Crippen LogP contribution in [-0.4, -0.2) is 63.0 Å². The lowest BCUT2D eigenvalue weighted by atomic mass is 9.94. The first-order valence-corrected chi connectivity index (χ1v) is 13.5. The number of thioether (sulfide) groups is 2. The zero-order chi connectivity index (χ0) is 24.5. The largest absolute Gasteiger partial charge is 0.493 e. The number of methoxy groups -OCH3 is 4. The highest BCUT2D eigenvalue weighted by molar-refractivity contribution is 7.99. The van der Waals surface area contributed by atoms with E-state index >= 15 is 0 Å². The van der Waals surface area contributed by atoms with Crippen molar-refractivity contribution in [3.8, 4) is 23.0 Å². The van der Waals surface area contributed by atoms with Gasteiger partial charge in [-0.25, -0.2) is 0 Å². The minimum absolute atomic E-state index is 0.00792. The fourth-order valence-corrected chi connectivity index (χ4v) is 6.24. The molecule has 6 nitrogen and oxygen atoms in total. The summed E-state index contributed by atoms with van der Waals surface area (Å²) in [5.41, 5.74) is 2.06. The molecule has 0 radical (unpaired) electrons. The Labute approximate surface area is 210 Å². The van der Waals surface area contributed by atoms with E-state index in [0.717, 1.165) is 34.1 Å². The minimum Gasteiger partial charge on any atom is -0.493 e. The Morgan fingerprint density at radius 3 is 1.32 bits per heavy atom. The SMILES string of the molecule is COc1ccc(C2CSCCC2=O)cc1OC.COc1ccc(C2CSCCC2=O)cc1OC. The molecular weight excluding hydrogens is 472 g/mol. The lowest BCUT2D eigenvalue weighted by Crippen LogP contribution is -2.20. The van der Waals surface area contributed by atoms with Crippen molar-refractivity contribution in [2.75, 3.05) is 51.5 Å². The molecule has 2 unspecified atom stereocenters. The Morgan fingerprint density at radius 1 is 0.618 bits per heavy atom. The lowest BCUT2D eigenvalue weighted by molar-refractivity contribution is -0.120. The molecule has 0 N–H and O–H groups in total. The van der Waals surface area contributed by atoms with Gasteiger partial charge in [-0.1, -0.05) is 12.1 Å². The zero-order valence-electron chi connectivity index (χ0n) is 20.1. The van der Waals surface area contributed by atoms with Crippen LogP contribution in [-0.2, 0) is 9.59 Å². The second kappa shape index (κ2) is 13.0. The Bertz CT molecular complexity index is 914. The number of hydrogen-bond acceptors (Lipinski definition) is 8. The van der Waals surface area contributed by atoms with Crippen LogP contribution >= 0.6 is 23.5 Å². The molecule has 2 atom stereocenters. The highest BCUT2D eigenvalue weighted by Crippen LogP contribution is 2.35. The molecule has 34 heavy (non-hydrogen) atoms. The summed E-state index contributed by atoms with van der Waals surface area (Å²) in [5.74, 6) is 7.09. The third-order valence-corrected chi connectivity index (χ3v) is 8.08. The zero-order valence-corrected chi connectivity index (χ0v) is 21.8. The molecular formula is C26H32O6S2. The number of Topliss-reactive ketones (excluding diaryl/α,β-unsaturated/α-hetero) is 2. The van der Waals surface area contributed by atoms with Gasteiger partial charge in [0.05, 0.1) is 40.3 Å². The van der Waals surface area contributed by atoms with Crippen LogP contribution in [0.3, 0.4) is 0 Å². The van der Waals surface area contributed by atoms with Crippen molar-refractivity contribution < 1.29 is 28.5 Å². The Morgan fingerprint density at radius 2 is 1.00 bits per heavy atom. The Balaban J connectivity index is 0.000000191. The number of hydrogen-bond donors (Lipinski definition) is 0. The van der Waals surface area contributed by atoms with Gasteiger partial charge in [-0.15, -0.1) is 0 Å². The Kier molecular flexibility index (Phi) is 10.0. The predicted octanol–water partition coefficient (Wildman–Crippen LogP) is 4.99. The van der Waals surface area contributed by atoms with E-state index in [1.165, 1.54) is 0 Å². The molecule has 2 aromatic carbocycles. The van der Waals surface area contributed by atoms with Crippen molar-refractivity contribution in [3.05, 3.63) is 47.5 Å². The fourth-order valence-electron chi connectivity index (χ4n) is 3.99. The molecule has 0 aromatic heterocycles. The van der Waals surface area contributed by atoms with E-state index in [1.807, 2.05) is 59.9 Å². The molecule has 2 heterocycles. The molecule has 2 aromatic rings. The first kappa shape index (κ1) is 26.3. The molecule has 2 fully saturated rings. The summed E-state index contributed by atoms with van der Waals surface area (Å²) in [4.78, 5) is 23.7. The van der Waals surface area contributed by atoms with Gasteiger partial charge in [0.15, 0.2) is 23.0 Å². The van der Waals surface area contributed by atoms with Crippen molar-refractivity contribution in [1.29, 1.82) is 0 Å². The highest BCUT2D eigenvalue weighted by atomic mass is 32.2. The van der Waals surface area contributed by atoms with E-state index in [4.69, 9.17) is 18.9 Å². The van der Waals surface area contributed by atoms with Gasteiger partial charge < -0.3 is 18.9 Å². The van der Waals surface area contributed by atoms with E-state index < -0.39 is 0 Å². The molecule has 2 aliphatic rings. The van der Waals surface area contributed by atoms with Crippen LogP contribution in [0.25, 0.3) is 0 Å². The summed E-state index contributed by atoms with van der Waals surface area (Å²) in [6, 6.07) is 11.5. The molecule has 0 bridgehead atoms. The van der Waals surface area contributed by atoms with E-state index in [1.54, 1.807) is 28.4 Å². The van der Waals surface area contributed by atoms with Crippen LogP contribution in [0.15, 0.2) is 36.4 Å². The maximum atomic E-state index is 11.9. The number of benzene rings is 2. The van der Waals surface area contributed by atoms with Crippen LogP contribution in [0.5, 0.6) is 23.0 Å². The van der Waals surface area contributed by atoms with Crippen LogP contribution in [0.1, 0.15) is 35.8 Å². The first-order valence-electron chi connectivity index (χ1n) is 11.2. The predicted molar refractivity (Wildman–Crippen MR) is 138 cm³/mol. The van der Waals surface area contributed by atoms with Gasteiger partial charge >= 0.3 is 0 Å². The number of carbonyl (C=O) groups is 2. The van der Waals surface area contributed by atoms with Gasteiger partial charge in [0, 0.05) is 35.9 Å². The average Bonchev–Trinajstić information content (AvgIpc) is 2.88. The number of ketones is 2. The van der Waals surface area contributed by atoms with Crippen molar-refractivity contribution in [2.45, 2.75) is 24.7 Å². The van der Waals surface area contributed by atoms with E-state index in [0.29, 0.717) is 47.4 Å². The van der Waals surface area contributed by atoms with Gasteiger partial charge in [0.25, 0.3) is 0 Å². The van der Waals surface area contributed by atoms with Crippen LogP contribution < -0.4 is 18.9 Å². The third-order valence-electron chi connectivity index (χ3n) is 5.95. The summed E-state index contributed by atoms with van der Waals surface area (Å²) < 4.78 is 20.9. The van der Waals surface area contributed by atoms with Gasteiger partial charge in [-0.05, 0) is 35.4 Å². The van der Waals surface area contributed by atoms with Crippen molar-refractivity contribution in [1.82, 2.24) is 0 Å². The van der Waals surface area contributed by atoms with Gasteiger partial charge in [-0.2, -0.15) is 23.5 Å². The number of ether oxygens (including phenoxy) is 4. The first-order chi connectivity index (χ1) is 16.5. The molecule has 4 rings (SSSR count). The fraction of sp³-hybridized carbons (Fsp3) is 0.462. The molecule has 0 spiro atoms. The quantitative estimate of drug-likeness (QED) is 0.545. The van der Waals surface area contributed by atoms with Crippen LogP contribution in [0, 0.1) is 0 Å². The van der Waals surface area contributed by atoms with Crippen LogP contribution in [0.2, 0.25) is 0 Å². The maximum Gasteiger partial charge on any atom is 0.161 e. The van der Waals surface area contributed by atoms with Crippen LogP contribution in [0.4, 0.5) is 0 Å².